The summed E-state index contributed by atoms with van der Waals surface area (Å²) in [6.45, 7) is 0.782. The zero-order chi connectivity index (χ0) is 14.3. The fraction of sp³-hybridized carbons (Fsp3) is 0.444. The lowest BCUT2D eigenvalue weighted by Crippen LogP contribution is -2.29. The number of aromatic nitrogens is 2. The number of hydrogen-bond donors (Lipinski definition) is 1. The van der Waals surface area contributed by atoms with Crippen molar-refractivity contribution in [2.75, 3.05) is 0 Å². The zero-order valence-electron chi connectivity index (χ0n) is 12.4. The standard InChI is InChI=1S/C18H23N3/c1-3-8-15(9-4-1)18(16-10-5-2-6-11-16)19-14-17-12-7-13-20-21-17/h1,3-4,7-9,12-13,16,18-19H,2,5-6,10-11,14H2. The molecule has 1 atom stereocenters. The average molecular weight is 281 g/mol. The van der Waals surface area contributed by atoms with E-state index in [0.29, 0.717) is 6.04 Å². The fourth-order valence-electron chi connectivity index (χ4n) is 3.33. The van der Waals surface area contributed by atoms with Gasteiger partial charge in [-0.05, 0) is 36.5 Å². The van der Waals surface area contributed by atoms with Crippen LogP contribution in [0.25, 0.3) is 0 Å². The molecule has 0 spiro atoms. The molecule has 3 heteroatoms. The molecular formula is C18H23N3. The molecule has 0 bridgehead atoms. The first-order chi connectivity index (χ1) is 10.4. The third-order valence-electron chi connectivity index (χ3n) is 4.41. The molecule has 3 nitrogen and oxygen atoms in total. The molecule has 21 heavy (non-hydrogen) atoms. The van der Waals surface area contributed by atoms with Gasteiger partial charge in [-0.2, -0.15) is 10.2 Å². The van der Waals surface area contributed by atoms with Crippen LogP contribution >= 0.6 is 0 Å². The van der Waals surface area contributed by atoms with Crippen molar-refractivity contribution in [3.63, 3.8) is 0 Å². The summed E-state index contributed by atoms with van der Waals surface area (Å²) in [5, 5.41) is 11.9. The number of hydrogen-bond acceptors (Lipinski definition) is 3. The Labute approximate surface area is 126 Å². The van der Waals surface area contributed by atoms with Crippen LogP contribution in [0, 0.1) is 5.92 Å². The molecule has 1 aromatic heterocycles. The molecule has 2 aromatic rings. The molecule has 1 heterocycles. The van der Waals surface area contributed by atoms with Crippen molar-refractivity contribution in [3.8, 4) is 0 Å². The molecule has 0 amide bonds. The number of rotatable bonds is 5. The number of nitrogens with one attached hydrogen (secondary N) is 1. The molecule has 1 unspecified atom stereocenters. The lowest BCUT2D eigenvalue weighted by Gasteiger charge is -2.31. The molecule has 1 aromatic carbocycles. The summed E-state index contributed by atoms with van der Waals surface area (Å²) in [7, 11) is 0. The predicted octanol–water partition coefficient (Wildman–Crippen LogP) is 3.89. The first-order valence-corrected chi connectivity index (χ1v) is 7.98. The summed E-state index contributed by atoms with van der Waals surface area (Å²) in [6.07, 6.45) is 8.49. The van der Waals surface area contributed by atoms with Gasteiger partial charge in [0.1, 0.15) is 0 Å². The summed E-state index contributed by atoms with van der Waals surface area (Å²) in [4.78, 5) is 0. The van der Waals surface area contributed by atoms with E-state index in [1.807, 2.05) is 12.1 Å². The highest BCUT2D eigenvalue weighted by Gasteiger charge is 2.24. The minimum atomic E-state index is 0.425. The summed E-state index contributed by atoms with van der Waals surface area (Å²) in [5.74, 6) is 0.734. The van der Waals surface area contributed by atoms with Crippen LogP contribution in [0.3, 0.4) is 0 Å². The second-order valence-corrected chi connectivity index (χ2v) is 5.88. The Kier molecular flexibility index (Phi) is 4.95. The van der Waals surface area contributed by atoms with Crippen molar-refractivity contribution < 1.29 is 0 Å². The first-order valence-electron chi connectivity index (χ1n) is 7.98. The fourth-order valence-corrected chi connectivity index (χ4v) is 3.33. The van der Waals surface area contributed by atoms with Crippen LogP contribution in [0.1, 0.15) is 49.4 Å². The van der Waals surface area contributed by atoms with Crippen LogP contribution in [0.15, 0.2) is 48.7 Å². The van der Waals surface area contributed by atoms with Gasteiger partial charge in [-0.3, -0.25) is 0 Å². The highest BCUT2D eigenvalue weighted by atomic mass is 15.1. The van der Waals surface area contributed by atoms with Crippen molar-refractivity contribution >= 4 is 0 Å². The van der Waals surface area contributed by atoms with Gasteiger partial charge in [0.2, 0.25) is 0 Å². The minimum Gasteiger partial charge on any atom is -0.304 e. The van der Waals surface area contributed by atoms with Gasteiger partial charge < -0.3 is 5.32 Å². The Morgan fingerprint density at radius 1 is 1.00 bits per heavy atom. The molecule has 1 saturated carbocycles. The molecule has 1 aliphatic rings. The lowest BCUT2D eigenvalue weighted by atomic mass is 9.81. The smallest absolute Gasteiger partial charge is 0.0769 e. The molecule has 0 aliphatic heterocycles. The maximum atomic E-state index is 4.18. The van der Waals surface area contributed by atoms with Crippen LogP contribution in [0.4, 0.5) is 0 Å². The van der Waals surface area contributed by atoms with Crippen LogP contribution in [0.2, 0.25) is 0 Å². The molecular weight excluding hydrogens is 258 g/mol. The Hall–Kier alpha value is -1.74. The quantitative estimate of drug-likeness (QED) is 0.903. The van der Waals surface area contributed by atoms with Gasteiger partial charge in [-0.25, -0.2) is 0 Å². The monoisotopic (exact) mass is 281 g/mol. The largest absolute Gasteiger partial charge is 0.304 e. The van der Waals surface area contributed by atoms with Gasteiger partial charge in [0, 0.05) is 18.8 Å². The molecule has 0 saturated heterocycles. The molecule has 1 fully saturated rings. The van der Waals surface area contributed by atoms with E-state index in [-0.39, 0.29) is 0 Å². The third-order valence-corrected chi connectivity index (χ3v) is 4.41. The van der Waals surface area contributed by atoms with Gasteiger partial charge in [0.15, 0.2) is 0 Å². The average Bonchev–Trinajstić information content (AvgIpc) is 2.58. The van der Waals surface area contributed by atoms with Crippen molar-refractivity contribution in [1.29, 1.82) is 0 Å². The Bertz CT molecular complexity index is 521. The molecule has 1 aliphatic carbocycles. The summed E-state index contributed by atoms with van der Waals surface area (Å²) in [5.41, 5.74) is 2.41. The summed E-state index contributed by atoms with van der Waals surface area (Å²) < 4.78 is 0. The topological polar surface area (TPSA) is 37.8 Å². The van der Waals surface area contributed by atoms with E-state index in [1.165, 1.54) is 37.7 Å². The predicted molar refractivity (Wildman–Crippen MR) is 84.6 cm³/mol. The van der Waals surface area contributed by atoms with E-state index >= 15 is 0 Å². The normalized spacial score (nSPS) is 17.5. The highest BCUT2D eigenvalue weighted by Crippen LogP contribution is 2.34. The van der Waals surface area contributed by atoms with Gasteiger partial charge in [-0.1, -0.05) is 49.6 Å². The third kappa shape index (κ3) is 3.88. The van der Waals surface area contributed by atoms with E-state index in [9.17, 15) is 0 Å². The highest BCUT2D eigenvalue weighted by molar-refractivity contribution is 5.20. The molecule has 3 rings (SSSR count). The van der Waals surface area contributed by atoms with Crippen molar-refractivity contribution in [3.05, 3.63) is 59.9 Å². The number of nitrogens with zero attached hydrogens (tertiary/aromatic N) is 2. The van der Waals surface area contributed by atoms with Gasteiger partial charge in [-0.15, -0.1) is 0 Å². The molecule has 1 N–H and O–H groups in total. The van der Waals surface area contributed by atoms with Crippen LogP contribution in [0.5, 0.6) is 0 Å². The van der Waals surface area contributed by atoms with Crippen molar-refractivity contribution in [1.82, 2.24) is 15.5 Å². The Balaban J connectivity index is 1.72. The van der Waals surface area contributed by atoms with E-state index < -0.39 is 0 Å². The van der Waals surface area contributed by atoms with E-state index in [0.717, 1.165) is 18.2 Å². The first kappa shape index (κ1) is 14.2. The Morgan fingerprint density at radius 3 is 2.52 bits per heavy atom. The Morgan fingerprint density at radius 2 is 1.81 bits per heavy atom. The van der Waals surface area contributed by atoms with Crippen LogP contribution in [-0.2, 0) is 6.54 Å². The summed E-state index contributed by atoms with van der Waals surface area (Å²) >= 11 is 0. The molecule has 0 radical (unpaired) electrons. The maximum absolute atomic E-state index is 4.18. The lowest BCUT2D eigenvalue weighted by molar-refractivity contribution is 0.269. The second kappa shape index (κ2) is 7.32. The van der Waals surface area contributed by atoms with Gasteiger partial charge in [0.05, 0.1) is 5.69 Å². The second-order valence-electron chi connectivity index (χ2n) is 5.88. The van der Waals surface area contributed by atoms with Crippen LogP contribution < -0.4 is 5.32 Å². The van der Waals surface area contributed by atoms with E-state index in [4.69, 9.17) is 0 Å². The zero-order valence-corrected chi connectivity index (χ0v) is 12.4. The summed E-state index contributed by atoms with van der Waals surface area (Å²) in [6, 6.07) is 15.2. The van der Waals surface area contributed by atoms with Gasteiger partial charge >= 0.3 is 0 Å². The SMILES string of the molecule is c1ccc(C(NCc2cccnn2)C2CCCCC2)cc1. The molecule has 110 valence electrons. The van der Waals surface area contributed by atoms with E-state index in [1.54, 1.807) is 6.20 Å². The van der Waals surface area contributed by atoms with E-state index in [2.05, 4.69) is 45.8 Å². The maximum Gasteiger partial charge on any atom is 0.0769 e. The van der Waals surface area contributed by atoms with Crippen LogP contribution in [-0.4, -0.2) is 10.2 Å². The van der Waals surface area contributed by atoms with Crippen molar-refractivity contribution in [2.24, 2.45) is 5.92 Å². The minimum absolute atomic E-state index is 0.425. The van der Waals surface area contributed by atoms with Crippen molar-refractivity contribution in [2.45, 2.75) is 44.7 Å². The number of benzene rings is 1. The van der Waals surface area contributed by atoms with Gasteiger partial charge in [0.25, 0.3) is 0 Å².